The van der Waals surface area contributed by atoms with Crippen LogP contribution >= 0.6 is 11.6 Å². The quantitative estimate of drug-likeness (QED) is 0.762. The Morgan fingerprint density at radius 1 is 1.41 bits per heavy atom. The van der Waals surface area contributed by atoms with Gasteiger partial charge in [-0.2, -0.15) is 0 Å². The van der Waals surface area contributed by atoms with Crippen LogP contribution in [0.1, 0.15) is 13.8 Å². The molecule has 5 heteroatoms. The number of hydrogen-bond acceptors (Lipinski definition) is 1. The molecule has 17 heavy (non-hydrogen) atoms. The fraction of sp³-hybridized carbons (Fsp3) is 0.417. The second-order valence-electron chi connectivity index (χ2n) is 4.39. The minimum absolute atomic E-state index is 0.339. The Bertz CT molecular complexity index is 534. The molecule has 2 rings (SSSR count). The number of pyridine rings is 1. The maximum atomic E-state index is 13.7. The third-order valence-electron chi connectivity index (χ3n) is 2.87. The van der Waals surface area contributed by atoms with Gasteiger partial charge in [-0.15, -0.1) is 0 Å². The summed E-state index contributed by atoms with van der Waals surface area (Å²) in [6.45, 7) is 2.69. The van der Waals surface area contributed by atoms with Gasteiger partial charge in [0.2, 0.25) is 0 Å². The molecule has 0 bridgehead atoms. The van der Waals surface area contributed by atoms with Crippen LogP contribution in [0.3, 0.4) is 0 Å². The Balaban J connectivity index is 2.41. The van der Waals surface area contributed by atoms with E-state index in [4.69, 9.17) is 11.6 Å². The lowest BCUT2D eigenvalue weighted by Crippen LogP contribution is -2.29. The lowest BCUT2D eigenvalue weighted by molar-refractivity contribution is -0.0587. The van der Waals surface area contributed by atoms with Gasteiger partial charge in [-0.3, -0.25) is 0 Å². The van der Waals surface area contributed by atoms with Gasteiger partial charge in [0.05, 0.1) is 12.1 Å². The topological polar surface area (TPSA) is 17.8 Å². The van der Waals surface area contributed by atoms with Crippen molar-refractivity contribution in [1.82, 2.24) is 9.55 Å². The largest absolute Gasteiger partial charge is 0.341 e. The fourth-order valence-electron chi connectivity index (χ4n) is 1.64. The Hall–Kier alpha value is -1.16. The molecule has 0 fully saturated rings. The molecule has 2 heterocycles. The highest BCUT2D eigenvalue weighted by Crippen LogP contribution is 2.29. The van der Waals surface area contributed by atoms with Gasteiger partial charge in [0, 0.05) is 23.7 Å². The van der Waals surface area contributed by atoms with Gasteiger partial charge in [0.25, 0.3) is 5.92 Å². The molecule has 0 saturated carbocycles. The van der Waals surface area contributed by atoms with E-state index in [1.54, 1.807) is 18.3 Å². The van der Waals surface area contributed by atoms with Crippen molar-refractivity contribution in [3.63, 3.8) is 0 Å². The molecule has 0 spiro atoms. The smallest absolute Gasteiger partial charge is 0.267 e. The lowest BCUT2D eigenvalue weighted by atomic mass is 10.1. The van der Waals surface area contributed by atoms with Crippen LogP contribution in [0.4, 0.5) is 8.78 Å². The zero-order chi connectivity index (χ0) is 12.6. The van der Waals surface area contributed by atoms with Crippen molar-refractivity contribution in [3.05, 3.63) is 29.7 Å². The number of aromatic nitrogens is 2. The lowest BCUT2D eigenvalue weighted by Gasteiger charge is -2.21. The van der Waals surface area contributed by atoms with Gasteiger partial charge in [-0.25, -0.2) is 13.8 Å². The van der Waals surface area contributed by atoms with E-state index in [0.29, 0.717) is 16.1 Å². The number of alkyl halides is 2. The molecule has 0 aliphatic rings. The van der Waals surface area contributed by atoms with E-state index in [0.717, 1.165) is 0 Å². The van der Waals surface area contributed by atoms with Crippen LogP contribution in [0, 0.1) is 5.92 Å². The van der Waals surface area contributed by atoms with E-state index in [9.17, 15) is 8.78 Å². The normalized spacial score (nSPS) is 12.6. The molecule has 92 valence electrons. The first kappa shape index (κ1) is 12.3. The van der Waals surface area contributed by atoms with E-state index in [1.165, 1.54) is 24.6 Å². The number of fused-ring (bicyclic) bond motifs is 1. The zero-order valence-corrected chi connectivity index (χ0v) is 10.4. The predicted octanol–water partition coefficient (Wildman–Crippen LogP) is 3.98. The Kier molecular flexibility index (Phi) is 3.08. The summed E-state index contributed by atoms with van der Waals surface area (Å²) < 4.78 is 28.9. The number of nitrogens with zero attached hydrogens (tertiary/aromatic N) is 2. The van der Waals surface area contributed by atoms with Crippen LogP contribution in [-0.2, 0) is 6.54 Å². The summed E-state index contributed by atoms with van der Waals surface area (Å²) in [5, 5.41) is 1.04. The van der Waals surface area contributed by atoms with Crippen LogP contribution in [0.2, 0.25) is 5.15 Å². The maximum Gasteiger partial charge on any atom is 0.267 e. The minimum Gasteiger partial charge on any atom is -0.341 e. The molecule has 0 aliphatic heterocycles. The van der Waals surface area contributed by atoms with Gasteiger partial charge >= 0.3 is 0 Å². The SMILES string of the molecule is CC(C)C(F)(F)Cn1ccc2c(Cl)nccc21. The zero-order valence-electron chi connectivity index (χ0n) is 9.62. The molecule has 2 aromatic heterocycles. The summed E-state index contributed by atoms with van der Waals surface area (Å²) in [7, 11) is 0. The van der Waals surface area contributed by atoms with Gasteiger partial charge < -0.3 is 4.57 Å². The van der Waals surface area contributed by atoms with Crippen molar-refractivity contribution in [2.24, 2.45) is 5.92 Å². The van der Waals surface area contributed by atoms with Crippen LogP contribution < -0.4 is 0 Å². The molecule has 0 atom stereocenters. The average Bonchev–Trinajstić information content (AvgIpc) is 2.62. The predicted molar refractivity (Wildman–Crippen MR) is 64.5 cm³/mol. The maximum absolute atomic E-state index is 13.7. The van der Waals surface area contributed by atoms with E-state index in [1.807, 2.05) is 0 Å². The third-order valence-corrected chi connectivity index (χ3v) is 3.18. The van der Waals surface area contributed by atoms with Crippen LogP contribution in [0.25, 0.3) is 10.9 Å². The Labute approximate surface area is 103 Å². The van der Waals surface area contributed by atoms with Crippen molar-refractivity contribution in [2.75, 3.05) is 0 Å². The molecular weight excluding hydrogens is 246 g/mol. The van der Waals surface area contributed by atoms with Crippen molar-refractivity contribution in [1.29, 1.82) is 0 Å². The summed E-state index contributed by atoms with van der Waals surface area (Å²) in [4.78, 5) is 3.92. The summed E-state index contributed by atoms with van der Waals surface area (Å²) in [5.41, 5.74) is 0.685. The van der Waals surface area contributed by atoms with Crippen LogP contribution in [0.5, 0.6) is 0 Å². The standard InChI is InChI=1S/C12H13ClF2N2/c1-8(2)12(14,15)7-17-6-4-9-10(17)3-5-16-11(9)13/h3-6,8H,7H2,1-2H3. The van der Waals surface area contributed by atoms with Gasteiger partial charge in [0.1, 0.15) is 5.15 Å². The van der Waals surface area contributed by atoms with Gasteiger partial charge in [0.15, 0.2) is 0 Å². The van der Waals surface area contributed by atoms with Gasteiger partial charge in [-0.1, -0.05) is 25.4 Å². The minimum atomic E-state index is -2.73. The van der Waals surface area contributed by atoms with E-state index in [-0.39, 0.29) is 6.54 Å². The van der Waals surface area contributed by atoms with Crippen molar-refractivity contribution in [3.8, 4) is 0 Å². The molecule has 0 saturated heterocycles. The first-order chi connectivity index (χ1) is 7.92. The summed E-state index contributed by atoms with van der Waals surface area (Å²) >= 11 is 5.89. The third kappa shape index (κ3) is 2.27. The number of rotatable bonds is 3. The first-order valence-corrected chi connectivity index (χ1v) is 5.77. The summed E-state index contributed by atoms with van der Waals surface area (Å²) in [5.74, 6) is -3.43. The van der Waals surface area contributed by atoms with E-state index in [2.05, 4.69) is 4.98 Å². The van der Waals surface area contributed by atoms with Crippen molar-refractivity contribution < 1.29 is 8.78 Å². The molecule has 2 nitrogen and oxygen atoms in total. The van der Waals surface area contributed by atoms with Crippen LogP contribution in [0.15, 0.2) is 24.5 Å². The van der Waals surface area contributed by atoms with Crippen molar-refractivity contribution >= 4 is 22.5 Å². The second kappa shape index (κ2) is 4.26. The van der Waals surface area contributed by atoms with Crippen molar-refractivity contribution in [2.45, 2.75) is 26.3 Å². The molecule has 2 aromatic rings. The highest BCUT2D eigenvalue weighted by molar-refractivity contribution is 6.34. The average molecular weight is 259 g/mol. The Morgan fingerprint density at radius 2 is 2.12 bits per heavy atom. The molecule has 0 radical (unpaired) electrons. The summed E-state index contributed by atoms with van der Waals surface area (Å²) in [6, 6.07) is 3.40. The van der Waals surface area contributed by atoms with Crippen LogP contribution in [-0.4, -0.2) is 15.5 Å². The molecule has 0 unspecified atom stereocenters. The monoisotopic (exact) mass is 258 g/mol. The second-order valence-corrected chi connectivity index (χ2v) is 4.75. The molecule has 0 aliphatic carbocycles. The van der Waals surface area contributed by atoms with Gasteiger partial charge in [-0.05, 0) is 12.1 Å². The fourth-order valence-corrected chi connectivity index (χ4v) is 1.85. The molecular formula is C12H13ClF2N2. The van der Waals surface area contributed by atoms with E-state index < -0.39 is 11.8 Å². The molecule has 0 aromatic carbocycles. The Morgan fingerprint density at radius 3 is 2.76 bits per heavy atom. The highest BCUT2D eigenvalue weighted by Gasteiger charge is 2.33. The molecule has 0 amide bonds. The van der Waals surface area contributed by atoms with E-state index >= 15 is 0 Å². The summed E-state index contributed by atoms with van der Waals surface area (Å²) in [6.07, 6.45) is 3.14. The number of halogens is 3. The number of hydrogen-bond donors (Lipinski definition) is 0. The molecule has 0 N–H and O–H groups in total. The highest BCUT2D eigenvalue weighted by atomic mass is 35.5. The first-order valence-electron chi connectivity index (χ1n) is 5.39.